The van der Waals surface area contributed by atoms with Crippen LogP contribution in [0.25, 0.3) is 5.65 Å². The Hall–Kier alpha value is -2.51. The minimum Gasteiger partial charge on any atom is -0.381 e. The molecular weight excluding hydrogens is 371 g/mol. The number of ether oxygens (including phenoxy) is 1. The Morgan fingerprint density at radius 2 is 1.97 bits per heavy atom. The van der Waals surface area contributed by atoms with Crippen LogP contribution in [-0.4, -0.2) is 27.8 Å². The van der Waals surface area contributed by atoms with Crippen LogP contribution in [0.2, 0.25) is 0 Å². The van der Waals surface area contributed by atoms with Gasteiger partial charge in [0.2, 0.25) is 0 Å². The Balaban J connectivity index is 1.59. The molecule has 1 aliphatic rings. The van der Waals surface area contributed by atoms with Gasteiger partial charge in [-0.2, -0.15) is 0 Å². The molecule has 1 unspecified atom stereocenters. The van der Waals surface area contributed by atoms with E-state index in [0.717, 1.165) is 43.0 Å². The van der Waals surface area contributed by atoms with Crippen molar-refractivity contribution < 1.29 is 9.13 Å². The second-order valence-electron chi connectivity index (χ2n) is 8.04. The molecule has 1 atom stereocenters. The monoisotopic (exact) mass is 398 g/mol. The van der Waals surface area contributed by atoms with E-state index in [1.807, 2.05) is 6.07 Å². The number of halogens is 1. The van der Waals surface area contributed by atoms with E-state index in [9.17, 15) is 9.18 Å². The molecule has 7 heteroatoms. The molecule has 29 heavy (non-hydrogen) atoms. The van der Waals surface area contributed by atoms with Crippen LogP contribution in [0.3, 0.4) is 0 Å². The van der Waals surface area contributed by atoms with E-state index in [-0.39, 0.29) is 23.3 Å². The molecule has 1 aromatic carbocycles. The Kier molecular flexibility index (Phi) is 5.78. The summed E-state index contributed by atoms with van der Waals surface area (Å²) in [4.78, 5) is 17.5. The van der Waals surface area contributed by atoms with Crippen molar-refractivity contribution in [3.8, 4) is 0 Å². The van der Waals surface area contributed by atoms with Crippen molar-refractivity contribution in [3.05, 3.63) is 69.5 Å². The van der Waals surface area contributed by atoms with Crippen LogP contribution in [-0.2, 0) is 11.3 Å². The molecule has 0 bridgehead atoms. The summed E-state index contributed by atoms with van der Waals surface area (Å²) >= 11 is 0. The number of nitrogens with zero attached hydrogens (tertiary/aromatic N) is 2. The van der Waals surface area contributed by atoms with Gasteiger partial charge in [-0.15, -0.1) is 0 Å². The molecule has 2 N–H and O–H groups in total. The lowest BCUT2D eigenvalue weighted by Crippen LogP contribution is -2.28. The summed E-state index contributed by atoms with van der Waals surface area (Å²) in [5, 5.41) is 6.70. The number of fused-ring (bicyclic) bond motifs is 1. The number of hydrogen-bond acceptors (Lipinski definition) is 4. The maximum Gasteiger partial charge on any atom is 0.272 e. The summed E-state index contributed by atoms with van der Waals surface area (Å²) < 4.78 is 20.1. The first-order valence-electron chi connectivity index (χ1n) is 10.2. The van der Waals surface area contributed by atoms with E-state index in [1.165, 1.54) is 16.6 Å². The number of aromatic nitrogens is 3. The molecule has 6 nitrogen and oxygen atoms in total. The average molecular weight is 398 g/mol. The lowest BCUT2D eigenvalue weighted by atomic mass is 9.97. The van der Waals surface area contributed by atoms with Crippen LogP contribution in [0.1, 0.15) is 55.6 Å². The molecular formula is C22H27FN4O2. The second-order valence-corrected chi connectivity index (χ2v) is 8.04. The van der Waals surface area contributed by atoms with Gasteiger partial charge < -0.3 is 10.1 Å². The van der Waals surface area contributed by atoms with E-state index in [2.05, 4.69) is 24.3 Å². The molecule has 4 rings (SSSR count). The fourth-order valence-electron chi connectivity index (χ4n) is 3.92. The predicted molar refractivity (Wildman–Crippen MR) is 109 cm³/mol. The second kappa shape index (κ2) is 8.47. The molecule has 0 aliphatic carbocycles. The van der Waals surface area contributed by atoms with Crippen molar-refractivity contribution in [1.29, 1.82) is 0 Å². The Morgan fingerprint density at radius 3 is 2.66 bits per heavy atom. The minimum absolute atomic E-state index is 0.0841. The van der Waals surface area contributed by atoms with Gasteiger partial charge in [-0.05, 0) is 36.5 Å². The molecule has 1 aliphatic heterocycles. The number of H-pyrrole nitrogens is 1. The van der Waals surface area contributed by atoms with Crippen molar-refractivity contribution in [2.24, 2.45) is 5.92 Å². The van der Waals surface area contributed by atoms with Crippen molar-refractivity contribution in [3.63, 3.8) is 0 Å². The van der Waals surface area contributed by atoms with E-state index in [0.29, 0.717) is 18.1 Å². The Labute approximate surface area is 169 Å². The molecule has 0 radical (unpaired) electrons. The van der Waals surface area contributed by atoms with Crippen LogP contribution in [0.4, 0.5) is 4.39 Å². The third-order valence-corrected chi connectivity index (χ3v) is 5.58. The Morgan fingerprint density at radius 1 is 1.24 bits per heavy atom. The molecule has 1 fully saturated rings. The lowest BCUT2D eigenvalue weighted by molar-refractivity contribution is 0.0844. The molecule has 1 saturated heterocycles. The number of benzene rings is 1. The summed E-state index contributed by atoms with van der Waals surface area (Å²) in [6.07, 6.45) is 1.89. The van der Waals surface area contributed by atoms with Crippen LogP contribution >= 0.6 is 0 Å². The highest BCUT2D eigenvalue weighted by molar-refractivity contribution is 5.41. The third-order valence-electron chi connectivity index (χ3n) is 5.58. The van der Waals surface area contributed by atoms with Gasteiger partial charge >= 0.3 is 0 Å². The summed E-state index contributed by atoms with van der Waals surface area (Å²) in [6.45, 7) is 6.25. The average Bonchev–Trinajstić information content (AvgIpc) is 3.15. The molecule has 154 valence electrons. The van der Waals surface area contributed by atoms with Crippen molar-refractivity contribution in [2.75, 3.05) is 13.2 Å². The van der Waals surface area contributed by atoms with Gasteiger partial charge in [-0.3, -0.25) is 9.89 Å². The highest BCUT2D eigenvalue weighted by Crippen LogP contribution is 2.27. The zero-order valence-electron chi connectivity index (χ0n) is 16.8. The molecule has 2 aromatic heterocycles. The first-order chi connectivity index (χ1) is 14.0. The fourth-order valence-corrected chi connectivity index (χ4v) is 3.92. The van der Waals surface area contributed by atoms with Gasteiger partial charge in [-0.1, -0.05) is 26.0 Å². The highest BCUT2D eigenvalue weighted by atomic mass is 19.1. The first-order valence-corrected chi connectivity index (χ1v) is 10.2. The standard InChI is InChI=1S/C22H27FN4O2/c1-14(2)22(24-13-15-3-5-17(23)6-4-15)19-12-21(28)27-20(25-19)11-18(26-27)16-7-9-29-10-8-16/h3-6,11-12,14,16,22,24,26H,7-10,13H2,1-2H3. The smallest absolute Gasteiger partial charge is 0.272 e. The number of hydrogen-bond donors (Lipinski definition) is 2. The molecule has 3 heterocycles. The van der Waals surface area contributed by atoms with Crippen molar-refractivity contribution >= 4 is 5.65 Å². The largest absolute Gasteiger partial charge is 0.381 e. The van der Waals surface area contributed by atoms with Gasteiger partial charge in [-0.25, -0.2) is 13.9 Å². The lowest BCUT2D eigenvalue weighted by Gasteiger charge is -2.22. The van der Waals surface area contributed by atoms with Gasteiger partial charge in [0.1, 0.15) is 5.82 Å². The molecule has 0 saturated carbocycles. The van der Waals surface area contributed by atoms with Crippen molar-refractivity contribution in [2.45, 2.75) is 45.2 Å². The summed E-state index contributed by atoms with van der Waals surface area (Å²) in [5.74, 6) is 0.353. The zero-order chi connectivity index (χ0) is 20.4. The molecule has 0 spiro atoms. The van der Waals surface area contributed by atoms with Crippen LogP contribution in [0.15, 0.2) is 41.2 Å². The van der Waals surface area contributed by atoms with E-state index in [1.54, 1.807) is 18.2 Å². The topological polar surface area (TPSA) is 71.4 Å². The third kappa shape index (κ3) is 4.41. The van der Waals surface area contributed by atoms with Crippen LogP contribution < -0.4 is 10.9 Å². The summed E-state index contributed by atoms with van der Waals surface area (Å²) in [5.41, 5.74) is 3.28. The highest BCUT2D eigenvalue weighted by Gasteiger charge is 2.22. The predicted octanol–water partition coefficient (Wildman–Crippen LogP) is 3.54. The van der Waals surface area contributed by atoms with Crippen LogP contribution in [0, 0.1) is 11.7 Å². The van der Waals surface area contributed by atoms with E-state index >= 15 is 0 Å². The minimum atomic E-state index is -0.248. The number of aromatic amines is 1. The van der Waals surface area contributed by atoms with Gasteiger partial charge in [0, 0.05) is 43.5 Å². The van der Waals surface area contributed by atoms with E-state index in [4.69, 9.17) is 9.72 Å². The fraction of sp³-hybridized carbons (Fsp3) is 0.455. The summed E-state index contributed by atoms with van der Waals surface area (Å²) in [6, 6.07) is 9.93. The van der Waals surface area contributed by atoms with Crippen molar-refractivity contribution in [1.82, 2.24) is 19.9 Å². The van der Waals surface area contributed by atoms with Gasteiger partial charge in [0.15, 0.2) is 5.65 Å². The SMILES string of the molecule is CC(C)C(NCc1ccc(F)cc1)c1cc(=O)n2[nH]c(C3CCOCC3)cc2n1. The van der Waals surface area contributed by atoms with Gasteiger partial charge in [0.25, 0.3) is 5.56 Å². The maximum absolute atomic E-state index is 13.1. The van der Waals surface area contributed by atoms with Crippen LogP contribution in [0.5, 0.6) is 0 Å². The number of nitrogens with one attached hydrogen (secondary N) is 2. The molecule has 3 aromatic rings. The first kappa shape index (κ1) is 19.8. The molecule has 0 amide bonds. The normalized spacial score (nSPS) is 16.6. The van der Waals surface area contributed by atoms with Gasteiger partial charge in [0.05, 0.1) is 11.7 Å². The van der Waals surface area contributed by atoms with E-state index < -0.39 is 0 Å². The zero-order valence-corrected chi connectivity index (χ0v) is 16.8. The summed E-state index contributed by atoms with van der Waals surface area (Å²) in [7, 11) is 0. The maximum atomic E-state index is 13.1. The quantitative estimate of drug-likeness (QED) is 0.666. The Bertz CT molecular complexity index is 1020. The number of rotatable bonds is 6.